The Morgan fingerprint density at radius 3 is 2.64 bits per heavy atom. The van der Waals surface area contributed by atoms with Gasteiger partial charge in [-0.1, -0.05) is 68.5 Å². The van der Waals surface area contributed by atoms with Gasteiger partial charge < -0.3 is 5.32 Å². The molecule has 2 atom stereocenters. The second kappa shape index (κ2) is 9.66. The number of fused-ring (bicyclic) bond motifs is 2. The number of rotatable bonds is 8. The second-order valence-corrected chi connectivity index (χ2v) is 9.31. The Balaban J connectivity index is 1.38. The fourth-order valence-electron chi connectivity index (χ4n) is 5.21. The highest BCUT2D eigenvalue weighted by Gasteiger charge is 2.28. The van der Waals surface area contributed by atoms with Gasteiger partial charge in [-0.05, 0) is 82.9 Å². The van der Waals surface area contributed by atoms with Crippen LogP contribution in [0.2, 0.25) is 0 Å². The van der Waals surface area contributed by atoms with Crippen LogP contribution < -0.4 is 5.32 Å². The molecule has 0 bridgehead atoms. The summed E-state index contributed by atoms with van der Waals surface area (Å²) in [5, 5.41) is 3.32. The molecule has 1 nitrogen and oxygen atoms in total. The van der Waals surface area contributed by atoms with Crippen molar-refractivity contribution in [2.75, 3.05) is 0 Å². The van der Waals surface area contributed by atoms with E-state index in [9.17, 15) is 13.2 Å². The second-order valence-electron chi connectivity index (χ2n) is 9.31. The fraction of sp³-hybridized carbons (Fsp3) is 0.357. The summed E-state index contributed by atoms with van der Waals surface area (Å²) in [7, 11) is 2.21. The monoisotopic (exact) mass is 448 g/mol. The van der Waals surface area contributed by atoms with E-state index in [1.807, 2.05) is 0 Å². The molecule has 1 aliphatic carbocycles. The first-order chi connectivity index (χ1) is 15.7. The Hall–Kier alpha value is -2.69. The number of halogens is 3. The largest absolute Gasteiger partial charge is 0.394 e. The van der Waals surface area contributed by atoms with Crippen molar-refractivity contribution in [1.29, 1.82) is 0 Å². The Labute approximate surface area is 195 Å². The molecule has 1 aliphatic heterocycles. The average molecular weight is 448 g/mol. The summed E-state index contributed by atoms with van der Waals surface area (Å²) in [4.78, 5) is 0. The first kappa shape index (κ1) is 23.5. The third-order valence-corrected chi connectivity index (χ3v) is 6.80. The third kappa shape index (κ3) is 5.63. The van der Waals surface area contributed by atoms with Crippen LogP contribution in [0.3, 0.4) is 0 Å². The minimum Gasteiger partial charge on any atom is -0.394 e. The van der Waals surface area contributed by atoms with E-state index in [0.29, 0.717) is 18.0 Å². The minimum absolute atomic E-state index is 0.0688. The standard InChI is InChI=1S/C28H30BF3N/c1-18-14-22(25-11-5-4-10-23(18)25)15-19(2)24-12-6-9-21-16-27(29-17-26(21)24)33-20(3)8-7-13-28(30,31)32/h4-6,9-12,22,27,33H,1-3,7-8,13-17H2. The van der Waals surface area contributed by atoms with Gasteiger partial charge in [0.15, 0.2) is 0 Å². The lowest BCUT2D eigenvalue weighted by atomic mass is 9.57. The van der Waals surface area contributed by atoms with E-state index in [1.165, 1.54) is 33.4 Å². The summed E-state index contributed by atoms with van der Waals surface area (Å²) in [6.45, 7) is 12.6. The number of hydrogen-bond donors (Lipinski definition) is 1. The summed E-state index contributed by atoms with van der Waals surface area (Å²) < 4.78 is 37.2. The van der Waals surface area contributed by atoms with Gasteiger partial charge in [-0.3, -0.25) is 0 Å². The molecule has 0 amide bonds. The maximum Gasteiger partial charge on any atom is 0.389 e. The van der Waals surface area contributed by atoms with Crippen molar-refractivity contribution in [2.24, 2.45) is 0 Å². The molecule has 5 heteroatoms. The zero-order chi connectivity index (χ0) is 23.6. The Bertz CT molecular complexity index is 1070. The highest BCUT2D eigenvalue weighted by molar-refractivity contribution is 6.38. The highest BCUT2D eigenvalue weighted by Crippen LogP contribution is 2.44. The molecule has 33 heavy (non-hydrogen) atoms. The Morgan fingerprint density at radius 2 is 1.85 bits per heavy atom. The maximum absolute atomic E-state index is 12.4. The summed E-state index contributed by atoms with van der Waals surface area (Å²) in [5.41, 5.74) is 9.48. The number of alkyl halides is 3. The van der Waals surface area contributed by atoms with Crippen LogP contribution in [-0.2, 0) is 12.7 Å². The molecule has 2 unspecified atom stereocenters. The predicted octanol–water partition coefficient (Wildman–Crippen LogP) is 7.21. The molecule has 1 N–H and O–H groups in total. The van der Waals surface area contributed by atoms with Crippen LogP contribution in [0.15, 0.2) is 67.9 Å². The van der Waals surface area contributed by atoms with Gasteiger partial charge in [0.2, 0.25) is 0 Å². The molecule has 0 saturated carbocycles. The lowest BCUT2D eigenvalue weighted by Gasteiger charge is -2.29. The van der Waals surface area contributed by atoms with Gasteiger partial charge in [0.05, 0.1) is 0 Å². The zero-order valence-corrected chi connectivity index (χ0v) is 19.0. The van der Waals surface area contributed by atoms with Gasteiger partial charge in [-0.25, -0.2) is 0 Å². The summed E-state index contributed by atoms with van der Waals surface area (Å²) in [5.74, 6) is 0.503. The normalized spacial score (nSPS) is 19.4. The molecule has 0 spiro atoms. The first-order valence-corrected chi connectivity index (χ1v) is 11.6. The van der Waals surface area contributed by atoms with Gasteiger partial charge >= 0.3 is 6.18 Å². The van der Waals surface area contributed by atoms with E-state index in [1.54, 1.807) is 0 Å². The van der Waals surface area contributed by atoms with Crippen LogP contribution >= 0.6 is 0 Å². The Morgan fingerprint density at radius 1 is 1.06 bits per heavy atom. The van der Waals surface area contributed by atoms with Crippen LogP contribution in [0.4, 0.5) is 13.2 Å². The summed E-state index contributed by atoms with van der Waals surface area (Å²) >= 11 is 0. The fourth-order valence-corrected chi connectivity index (χ4v) is 5.21. The van der Waals surface area contributed by atoms with Gasteiger partial charge in [-0.15, -0.1) is 0 Å². The number of benzene rings is 2. The zero-order valence-electron chi connectivity index (χ0n) is 19.0. The van der Waals surface area contributed by atoms with Crippen molar-refractivity contribution in [1.82, 2.24) is 5.32 Å². The van der Waals surface area contributed by atoms with Gasteiger partial charge in [0.25, 0.3) is 0 Å². The SMILES string of the molecule is C=C(CCCC(F)(F)F)NC1[B]Cc2c(cccc2C(=C)CC2CC(=C)c3ccccc32)C1. The summed E-state index contributed by atoms with van der Waals surface area (Å²) in [6, 6.07) is 14.9. The number of nitrogens with one attached hydrogen (secondary N) is 1. The minimum atomic E-state index is -4.11. The molecule has 2 aromatic rings. The molecule has 0 aromatic heterocycles. The molecule has 2 aliphatic rings. The lowest BCUT2D eigenvalue weighted by molar-refractivity contribution is -0.135. The molecule has 171 valence electrons. The Kier molecular flexibility index (Phi) is 6.87. The van der Waals surface area contributed by atoms with Crippen molar-refractivity contribution in [3.8, 4) is 0 Å². The number of hydrogen-bond acceptors (Lipinski definition) is 1. The van der Waals surface area contributed by atoms with E-state index in [0.717, 1.165) is 31.2 Å². The third-order valence-electron chi connectivity index (χ3n) is 6.80. The summed E-state index contributed by atoms with van der Waals surface area (Å²) in [6.07, 6.45) is -0.977. The number of allylic oxidation sites excluding steroid dienone is 3. The highest BCUT2D eigenvalue weighted by atomic mass is 19.4. The van der Waals surface area contributed by atoms with E-state index >= 15 is 0 Å². The molecular formula is C28H30BF3N. The molecule has 1 heterocycles. The predicted molar refractivity (Wildman–Crippen MR) is 132 cm³/mol. The van der Waals surface area contributed by atoms with Crippen LogP contribution in [0, 0.1) is 0 Å². The van der Waals surface area contributed by atoms with Gasteiger partial charge in [-0.2, -0.15) is 13.2 Å². The van der Waals surface area contributed by atoms with Crippen molar-refractivity contribution in [2.45, 2.75) is 62.9 Å². The maximum atomic E-state index is 12.4. The van der Waals surface area contributed by atoms with Crippen molar-refractivity contribution < 1.29 is 13.2 Å². The van der Waals surface area contributed by atoms with Crippen LogP contribution in [0.5, 0.6) is 0 Å². The smallest absolute Gasteiger partial charge is 0.389 e. The van der Waals surface area contributed by atoms with Crippen LogP contribution in [0.25, 0.3) is 11.1 Å². The van der Waals surface area contributed by atoms with E-state index < -0.39 is 12.6 Å². The van der Waals surface area contributed by atoms with Crippen molar-refractivity contribution in [3.05, 3.63) is 95.7 Å². The van der Waals surface area contributed by atoms with Crippen molar-refractivity contribution >= 4 is 18.4 Å². The van der Waals surface area contributed by atoms with Crippen LogP contribution in [-0.4, -0.2) is 19.4 Å². The molecular weight excluding hydrogens is 418 g/mol. The van der Waals surface area contributed by atoms with Crippen molar-refractivity contribution in [3.63, 3.8) is 0 Å². The van der Waals surface area contributed by atoms with Gasteiger partial charge in [0.1, 0.15) is 7.28 Å². The first-order valence-electron chi connectivity index (χ1n) is 11.6. The molecule has 0 fully saturated rings. The quantitative estimate of drug-likeness (QED) is 0.421. The average Bonchev–Trinajstić information content (AvgIpc) is 3.07. The van der Waals surface area contributed by atoms with E-state index in [2.05, 4.69) is 74.8 Å². The van der Waals surface area contributed by atoms with E-state index in [-0.39, 0.29) is 12.4 Å². The van der Waals surface area contributed by atoms with Crippen LogP contribution in [0.1, 0.15) is 65.8 Å². The topological polar surface area (TPSA) is 12.0 Å². The lowest BCUT2D eigenvalue weighted by Crippen LogP contribution is -2.40. The van der Waals surface area contributed by atoms with E-state index in [4.69, 9.17) is 0 Å². The molecule has 1 radical (unpaired) electrons. The molecule has 0 saturated heterocycles. The molecule has 4 rings (SSSR count). The van der Waals surface area contributed by atoms with Gasteiger partial charge in [0, 0.05) is 12.1 Å². The molecule has 2 aromatic carbocycles.